The molecule has 0 aromatic carbocycles. The lowest BCUT2D eigenvalue weighted by atomic mass is 10.1. The zero-order valence-electron chi connectivity index (χ0n) is 11.0. The Hall–Kier alpha value is -1.13. The summed E-state index contributed by atoms with van der Waals surface area (Å²) >= 11 is 0. The molecule has 1 aromatic rings. The van der Waals surface area contributed by atoms with Gasteiger partial charge in [-0.1, -0.05) is 6.07 Å². The van der Waals surface area contributed by atoms with Crippen molar-refractivity contribution >= 4 is 5.82 Å². The molecule has 0 bridgehead atoms. The van der Waals surface area contributed by atoms with E-state index in [1.54, 1.807) is 0 Å². The highest BCUT2D eigenvalue weighted by atomic mass is 15.3. The number of piperazine rings is 1. The van der Waals surface area contributed by atoms with Crippen molar-refractivity contribution in [2.75, 3.05) is 38.6 Å². The molecule has 1 unspecified atom stereocenters. The highest BCUT2D eigenvalue weighted by molar-refractivity contribution is 5.48. The Balaban J connectivity index is 2.21. The number of nitrogens with one attached hydrogen (secondary N) is 1. The second-order valence-corrected chi connectivity index (χ2v) is 4.82. The van der Waals surface area contributed by atoms with E-state index < -0.39 is 0 Å². The molecule has 1 aromatic heterocycles. The molecule has 0 amide bonds. The molecule has 0 aliphatic carbocycles. The second kappa shape index (κ2) is 5.47. The summed E-state index contributed by atoms with van der Waals surface area (Å²) in [6, 6.07) is 4.69. The van der Waals surface area contributed by atoms with Crippen LogP contribution < -0.4 is 10.2 Å². The number of pyridine rings is 1. The van der Waals surface area contributed by atoms with Gasteiger partial charge in [-0.05, 0) is 27.1 Å². The van der Waals surface area contributed by atoms with Gasteiger partial charge >= 0.3 is 0 Å². The smallest absolute Gasteiger partial charge is 0.133 e. The van der Waals surface area contributed by atoms with Crippen LogP contribution in [-0.2, 0) is 6.54 Å². The Morgan fingerprint density at radius 1 is 1.47 bits per heavy atom. The van der Waals surface area contributed by atoms with Crippen LogP contribution >= 0.6 is 0 Å². The van der Waals surface area contributed by atoms with E-state index in [1.165, 1.54) is 5.56 Å². The molecule has 1 aliphatic rings. The monoisotopic (exact) mass is 234 g/mol. The van der Waals surface area contributed by atoms with Crippen LogP contribution in [0.2, 0.25) is 0 Å². The van der Waals surface area contributed by atoms with Gasteiger partial charge in [0.15, 0.2) is 0 Å². The number of anilines is 1. The van der Waals surface area contributed by atoms with Gasteiger partial charge in [0.1, 0.15) is 5.82 Å². The van der Waals surface area contributed by atoms with Gasteiger partial charge in [0.05, 0.1) is 0 Å². The molecular weight excluding hydrogens is 212 g/mol. The fourth-order valence-corrected chi connectivity index (χ4v) is 2.47. The summed E-state index contributed by atoms with van der Waals surface area (Å²) in [7, 11) is 4.16. The maximum absolute atomic E-state index is 4.56. The van der Waals surface area contributed by atoms with Crippen molar-refractivity contribution in [2.24, 2.45) is 0 Å². The zero-order chi connectivity index (χ0) is 12.3. The van der Waals surface area contributed by atoms with Gasteiger partial charge in [-0.2, -0.15) is 0 Å². The average molecular weight is 234 g/mol. The average Bonchev–Trinajstić information content (AvgIpc) is 2.31. The maximum Gasteiger partial charge on any atom is 0.133 e. The zero-order valence-corrected chi connectivity index (χ0v) is 11.0. The third-order valence-electron chi connectivity index (χ3n) is 3.34. The third-order valence-corrected chi connectivity index (χ3v) is 3.34. The summed E-state index contributed by atoms with van der Waals surface area (Å²) in [4.78, 5) is 9.36. The van der Waals surface area contributed by atoms with Gasteiger partial charge in [0, 0.05) is 44.0 Å². The van der Waals surface area contributed by atoms with Gasteiger partial charge < -0.3 is 15.1 Å². The van der Waals surface area contributed by atoms with Gasteiger partial charge in [0.2, 0.25) is 0 Å². The van der Waals surface area contributed by atoms with Gasteiger partial charge in [-0.15, -0.1) is 0 Å². The summed E-state index contributed by atoms with van der Waals surface area (Å²) in [6.07, 6.45) is 1.89. The normalized spacial score (nSPS) is 21.8. The van der Waals surface area contributed by atoms with Crippen molar-refractivity contribution in [1.29, 1.82) is 0 Å². The van der Waals surface area contributed by atoms with E-state index >= 15 is 0 Å². The topological polar surface area (TPSA) is 31.4 Å². The number of aromatic nitrogens is 1. The van der Waals surface area contributed by atoms with Crippen LogP contribution in [0.25, 0.3) is 0 Å². The van der Waals surface area contributed by atoms with E-state index in [0.717, 1.165) is 32.0 Å². The molecule has 1 fully saturated rings. The number of rotatable bonds is 3. The lowest BCUT2D eigenvalue weighted by Gasteiger charge is -2.39. The van der Waals surface area contributed by atoms with E-state index in [4.69, 9.17) is 0 Å². The third kappa shape index (κ3) is 2.76. The molecule has 1 atom stereocenters. The molecule has 0 saturated carbocycles. The van der Waals surface area contributed by atoms with Crippen molar-refractivity contribution in [3.8, 4) is 0 Å². The van der Waals surface area contributed by atoms with Gasteiger partial charge in [0.25, 0.3) is 0 Å². The Labute approximate surface area is 104 Å². The number of nitrogens with zero attached hydrogens (tertiary/aromatic N) is 3. The summed E-state index contributed by atoms with van der Waals surface area (Å²) < 4.78 is 0. The maximum atomic E-state index is 4.56. The standard InChI is InChI=1S/C13H22N4/c1-11-10-16(3)7-8-17(11)13-12(9-14-2)5-4-6-15-13/h4-6,11,14H,7-10H2,1-3H3. The van der Waals surface area contributed by atoms with Crippen molar-refractivity contribution in [3.05, 3.63) is 23.9 Å². The first kappa shape index (κ1) is 12.3. The van der Waals surface area contributed by atoms with Crippen LogP contribution in [0.5, 0.6) is 0 Å². The molecule has 2 heterocycles. The first-order valence-corrected chi connectivity index (χ1v) is 6.26. The van der Waals surface area contributed by atoms with Crippen LogP contribution in [-0.4, -0.2) is 49.7 Å². The largest absolute Gasteiger partial charge is 0.351 e. The second-order valence-electron chi connectivity index (χ2n) is 4.82. The van der Waals surface area contributed by atoms with E-state index in [1.807, 2.05) is 19.3 Å². The predicted octanol–water partition coefficient (Wildman–Crippen LogP) is 0.941. The molecular formula is C13H22N4. The summed E-state index contributed by atoms with van der Waals surface area (Å²) in [5, 5.41) is 3.21. The van der Waals surface area contributed by atoms with Gasteiger partial charge in [-0.25, -0.2) is 4.98 Å². The molecule has 1 saturated heterocycles. The molecule has 1 N–H and O–H groups in total. The van der Waals surface area contributed by atoms with Crippen molar-refractivity contribution in [2.45, 2.75) is 19.5 Å². The summed E-state index contributed by atoms with van der Waals surface area (Å²) in [5.41, 5.74) is 1.28. The minimum Gasteiger partial charge on any atom is -0.351 e. The number of likely N-dealkylation sites (N-methyl/N-ethyl adjacent to an activating group) is 1. The van der Waals surface area contributed by atoms with Gasteiger partial charge in [-0.3, -0.25) is 0 Å². The fourth-order valence-electron chi connectivity index (χ4n) is 2.47. The predicted molar refractivity (Wildman–Crippen MR) is 71.3 cm³/mol. The van der Waals surface area contributed by atoms with Crippen LogP contribution in [0.4, 0.5) is 5.82 Å². The first-order valence-electron chi connectivity index (χ1n) is 6.26. The van der Waals surface area contributed by atoms with Crippen LogP contribution in [0, 0.1) is 0 Å². The van der Waals surface area contributed by atoms with Crippen molar-refractivity contribution < 1.29 is 0 Å². The summed E-state index contributed by atoms with van der Waals surface area (Å²) in [5.74, 6) is 1.14. The fraction of sp³-hybridized carbons (Fsp3) is 0.615. The number of hydrogen-bond donors (Lipinski definition) is 1. The van der Waals surface area contributed by atoms with E-state index in [0.29, 0.717) is 6.04 Å². The SMILES string of the molecule is CNCc1cccnc1N1CCN(C)CC1C. The lowest BCUT2D eigenvalue weighted by molar-refractivity contribution is 0.274. The number of hydrogen-bond acceptors (Lipinski definition) is 4. The molecule has 1 aliphatic heterocycles. The van der Waals surface area contributed by atoms with Crippen LogP contribution in [0.1, 0.15) is 12.5 Å². The molecule has 4 nitrogen and oxygen atoms in total. The molecule has 2 rings (SSSR count). The molecule has 0 spiro atoms. The Bertz CT molecular complexity index is 366. The first-order chi connectivity index (χ1) is 8.22. The Morgan fingerprint density at radius 2 is 2.29 bits per heavy atom. The van der Waals surface area contributed by atoms with Crippen LogP contribution in [0.3, 0.4) is 0 Å². The quantitative estimate of drug-likeness (QED) is 0.843. The van der Waals surface area contributed by atoms with Crippen molar-refractivity contribution in [1.82, 2.24) is 15.2 Å². The van der Waals surface area contributed by atoms with Crippen molar-refractivity contribution in [3.63, 3.8) is 0 Å². The minimum atomic E-state index is 0.527. The van der Waals surface area contributed by atoms with E-state index in [-0.39, 0.29) is 0 Å². The molecule has 17 heavy (non-hydrogen) atoms. The van der Waals surface area contributed by atoms with Crippen LogP contribution in [0.15, 0.2) is 18.3 Å². The molecule has 4 heteroatoms. The van der Waals surface area contributed by atoms with E-state index in [2.05, 4.69) is 40.1 Å². The highest BCUT2D eigenvalue weighted by Gasteiger charge is 2.23. The molecule has 94 valence electrons. The molecule has 0 radical (unpaired) electrons. The summed E-state index contributed by atoms with van der Waals surface area (Å²) in [6.45, 7) is 6.43. The highest BCUT2D eigenvalue weighted by Crippen LogP contribution is 2.21. The Morgan fingerprint density at radius 3 is 3.00 bits per heavy atom. The Kier molecular flexibility index (Phi) is 3.97. The minimum absolute atomic E-state index is 0.527. The lowest BCUT2D eigenvalue weighted by Crippen LogP contribution is -2.51. The van der Waals surface area contributed by atoms with E-state index in [9.17, 15) is 0 Å².